The molecule has 0 saturated carbocycles. The van der Waals surface area contributed by atoms with Gasteiger partial charge in [0.15, 0.2) is 0 Å². The Hall–Kier alpha value is -3.26. The van der Waals surface area contributed by atoms with Gasteiger partial charge in [-0.1, -0.05) is 17.7 Å². The van der Waals surface area contributed by atoms with Gasteiger partial charge in [-0.2, -0.15) is 9.82 Å². The summed E-state index contributed by atoms with van der Waals surface area (Å²) in [5.41, 5.74) is 2.72. The summed E-state index contributed by atoms with van der Waals surface area (Å²) in [5, 5.41) is 9.60. The standard InChI is InChI=1S/C25H27ClN6O5S2/c1-15-19(32-10-3-6-23(32)33)4-2-5-21(15)39(36,37)30-18(13-27-24(34)20-7-8-22(26)38-20)25(35)31-11-9-17-16(14-31)12-28-29-17/h2,4-5,7-8,12,18,30H,3,6,9-11,13-14H2,1H3,(H,27,34)(H,28,29)/t18-/m0/s1. The normalized spacial score (nSPS) is 16.3. The van der Waals surface area contributed by atoms with Gasteiger partial charge in [-0.15, -0.1) is 11.3 Å². The lowest BCUT2D eigenvalue weighted by atomic mass is 10.1. The molecule has 3 N–H and O–H groups in total. The summed E-state index contributed by atoms with van der Waals surface area (Å²) in [7, 11) is -4.23. The van der Waals surface area contributed by atoms with Gasteiger partial charge < -0.3 is 15.1 Å². The number of halogens is 1. The van der Waals surface area contributed by atoms with Gasteiger partial charge in [0.2, 0.25) is 21.8 Å². The van der Waals surface area contributed by atoms with E-state index in [-0.39, 0.29) is 23.9 Å². The second-order valence-electron chi connectivity index (χ2n) is 9.42. The fourth-order valence-corrected chi connectivity index (χ4v) is 7.28. The number of aromatic nitrogens is 2. The van der Waals surface area contributed by atoms with Crippen LogP contribution in [-0.4, -0.2) is 66.9 Å². The average Bonchev–Trinajstić information content (AvgIpc) is 3.66. The monoisotopic (exact) mass is 590 g/mol. The Morgan fingerprint density at radius 3 is 2.74 bits per heavy atom. The van der Waals surface area contributed by atoms with E-state index in [1.165, 1.54) is 6.07 Å². The zero-order chi connectivity index (χ0) is 27.7. The summed E-state index contributed by atoms with van der Waals surface area (Å²) < 4.78 is 30.2. The van der Waals surface area contributed by atoms with Gasteiger partial charge in [-0.25, -0.2) is 8.42 Å². The minimum absolute atomic E-state index is 0.0374. The Kier molecular flexibility index (Phi) is 7.76. The van der Waals surface area contributed by atoms with Crippen LogP contribution >= 0.6 is 22.9 Å². The van der Waals surface area contributed by atoms with Crippen LogP contribution in [0.3, 0.4) is 0 Å². The molecule has 0 unspecified atom stereocenters. The number of thiophene rings is 1. The molecule has 0 spiro atoms. The lowest BCUT2D eigenvalue weighted by Crippen LogP contribution is -2.54. The third-order valence-corrected chi connectivity index (χ3v) is 9.73. The van der Waals surface area contributed by atoms with E-state index in [0.29, 0.717) is 52.8 Å². The predicted octanol–water partition coefficient (Wildman–Crippen LogP) is 2.22. The van der Waals surface area contributed by atoms with Crippen LogP contribution in [0.4, 0.5) is 5.69 Å². The number of carbonyl (C=O) groups is 3. The Morgan fingerprint density at radius 1 is 1.21 bits per heavy atom. The summed E-state index contributed by atoms with van der Waals surface area (Å²) in [6.07, 6.45) is 3.30. The molecule has 39 heavy (non-hydrogen) atoms. The number of hydrogen-bond donors (Lipinski definition) is 3. The van der Waals surface area contributed by atoms with Crippen LogP contribution in [0.25, 0.3) is 0 Å². The predicted molar refractivity (Wildman–Crippen MR) is 146 cm³/mol. The Bertz CT molecular complexity index is 1530. The number of aromatic amines is 1. The molecule has 1 aromatic carbocycles. The maximum atomic E-state index is 13.6. The van der Waals surface area contributed by atoms with Crippen LogP contribution in [0, 0.1) is 6.92 Å². The van der Waals surface area contributed by atoms with Crippen molar-refractivity contribution < 1.29 is 22.8 Å². The van der Waals surface area contributed by atoms with Crippen molar-refractivity contribution in [1.29, 1.82) is 0 Å². The first kappa shape index (κ1) is 27.3. The highest BCUT2D eigenvalue weighted by Gasteiger charge is 2.33. The summed E-state index contributed by atoms with van der Waals surface area (Å²) >= 11 is 7.02. The highest BCUT2D eigenvalue weighted by Crippen LogP contribution is 2.30. The molecular formula is C25H27ClN6O5S2. The largest absolute Gasteiger partial charge is 0.349 e. The Labute approximate surface area is 234 Å². The van der Waals surface area contributed by atoms with E-state index in [0.717, 1.165) is 22.6 Å². The molecule has 14 heteroatoms. The molecule has 2 aliphatic heterocycles. The van der Waals surface area contributed by atoms with Crippen molar-refractivity contribution in [3.63, 3.8) is 0 Å². The zero-order valence-electron chi connectivity index (χ0n) is 21.1. The first-order valence-corrected chi connectivity index (χ1v) is 15.1. The van der Waals surface area contributed by atoms with Gasteiger partial charge in [-0.3, -0.25) is 19.5 Å². The molecular weight excluding hydrogens is 564 g/mol. The average molecular weight is 591 g/mol. The second-order valence-corrected chi connectivity index (χ2v) is 12.8. The highest BCUT2D eigenvalue weighted by molar-refractivity contribution is 7.89. The van der Waals surface area contributed by atoms with Gasteiger partial charge >= 0.3 is 0 Å². The van der Waals surface area contributed by atoms with E-state index < -0.39 is 27.9 Å². The molecule has 5 rings (SSSR count). The maximum Gasteiger partial charge on any atom is 0.261 e. The first-order valence-electron chi connectivity index (χ1n) is 12.4. The van der Waals surface area contributed by atoms with Gasteiger partial charge in [0.1, 0.15) is 6.04 Å². The molecule has 1 atom stereocenters. The molecule has 0 bridgehead atoms. The molecule has 4 heterocycles. The minimum atomic E-state index is -4.23. The molecule has 2 aliphatic rings. The molecule has 1 fully saturated rings. The van der Waals surface area contributed by atoms with Crippen LogP contribution in [0.5, 0.6) is 0 Å². The SMILES string of the molecule is Cc1c(N2CCCC2=O)cccc1S(=O)(=O)N[C@@H](CNC(=O)c1ccc(Cl)s1)C(=O)N1CCc2[nH]ncc2C1. The van der Waals surface area contributed by atoms with E-state index in [9.17, 15) is 22.8 Å². The molecule has 0 aliphatic carbocycles. The third-order valence-electron chi connectivity index (χ3n) is 6.88. The topological polar surface area (TPSA) is 145 Å². The molecule has 3 aromatic rings. The lowest BCUT2D eigenvalue weighted by Gasteiger charge is -2.30. The van der Waals surface area contributed by atoms with E-state index in [2.05, 4.69) is 20.2 Å². The minimum Gasteiger partial charge on any atom is -0.349 e. The van der Waals surface area contributed by atoms with Gasteiger partial charge in [-0.05, 0) is 43.2 Å². The van der Waals surface area contributed by atoms with Crippen LogP contribution in [0.15, 0.2) is 41.4 Å². The Balaban J connectivity index is 1.40. The number of amides is 3. The van der Waals surface area contributed by atoms with Gasteiger partial charge in [0.05, 0.1) is 20.3 Å². The molecule has 2 aromatic heterocycles. The first-order chi connectivity index (χ1) is 18.6. The van der Waals surface area contributed by atoms with Crippen molar-refractivity contribution in [3.05, 3.63) is 62.6 Å². The number of carbonyl (C=O) groups excluding carboxylic acids is 3. The quantitative estimate of drug-likeness (QED) is 0.367. The van der Waals surface area contributed by atoms with Crippen LogP contribution in [-0.2, 0) is 32.6 Å². The second kappa shape index (κ2) is 11.1. The highest BCUT2D eigenvalue weighted by atomic mass is 35.5. The van der Waals surface area contributed by atoms with E-state index in [1.807, 2.05) is 0 Å². The summed E-state index contributed by atoms with van der Waals surface area (Å²) in [6.45, 7) is 2.51. The number of sulfonamides is 1. The zero-order valence-corrected chi connectivity index (χ0v) is 23.5. The number of rotatable bonds is 8. The van der Waals surface area contributed by atoms with Crippen LogP contribution in [0.2, 0.25) is 4.34 Å². The fraction of sp³-hybridized carbons (Fsp3) is 0.360. The van der Waals surface area contributed by atoms with Crippen LogP contribution < -0.4 is 14.9 Å². The lowest BCUT2D eigenvalue weighted by molar-refractivity contribution is -0.133. The third kappa shape index (κ3) is 5.71. The van der Waals surface area contributed by atoms with Crippen molar-refractivity contribution in [2.24, 2.45) is 0 Å². The van der Waals surface area contributed by atoms with E-state index >= 15 is 0 Å². The number of hydrogen-bond acceptors (Lipinski definition) is 7. The van der Waals surface area contributed by atoms with Crippen molar-refractivity contribution in [3.8, 4) is 0 Å². The van der Waals surface area contributed by atoms with Crippen LogP contribution in [0.1, 0.15) is 39.3 Å². The summed E-state index contributed by atoms with van der Waals surface area (Å²) in [5.74, 6) is -1.00. The number of nitrogens with one attached hydrogen (secondary N) is 3. The van der Waals surface area contributed by atoms with Gasteiger partial charge in [0, 0.05) is 56.0 Å². The van der Waals surface area contributed by atoms with Crippen molar-refractivity contribution in [1.82, 2.24) is 25.1 Å². The van der Waals surface area contributed by atoms with Crippen molar-refractivity contribution in [2.45, 2.75) is 43.7 Å². The Morgan fingerprint density at radius 2 is 2.03 bits per heavy atom. The fourth-order valence-electron chi connectivity index (χ4n) is 4.87. The molecule has 3 amide bonds. The number of fused-ring (bicyclic) bond motifs is 1. The molecule has 1 saturated heterocycles. The number of nitrogens with zero attached hydrogens (tertiary/aromatic N) is 3. The number of anilines is 1. The number of H-pyrrole nitrogens is 1. The van der Waals surface area contributed by atoms with Gasteiger partial charge in [0.25, 0.3) is 5.91 Å². The van der Waals surface area contributed by atoms with E-state index in [1.54, 1.807) is 47.2 Å². The molecule has 11 nitrogen and oxygen atoms in total. The number of benzene rings is 1. The van der Waals surface area contributed by atoms with E-state index in [4.69, 9.17) is 11.6 Å². The summed E-state index contributed by atoms with van der Waals surface area (Å²) in [4.78, 5) is 42.1. The van der Waals surface area contributed by atoms with Crippen molar-refractivity contribution in [2.75, 3.05) is 24.5 Å². The molecule has 206 valence electrons. The maximum absolute atomic E-state index is 13.6. The summed E-state index contributed by atoms with van der Waals surface area (Å²) in [6, 6.07) is 6.59. The smallest absolute Gasteiger partial charge is 0.261 e. The van der Waals surface area contributed by atoms with Crippen molar-refractivity contribution >= 4 is 56.4 Å². The molecule has 0 radical (unpaired) electrons.